The van der Waals surface area contributed by atoms with E-state index in [1.165, 1.54) is 5.56 Å². The lowest BCUT2D eigenvalue weighted by atomic mass is 9.74. The smallest absolute Gasteiger partial charge is 0.314 e. The van der Waals surface area contributed by atoms with E-state index in [0.717, 1.165) is 42.8 Å². The Morgan fingerprint density at radius 1 is 1.22 bits per heavy atom. The van der Waals surface area contributed by atoms with Crippen molar-refractivity contribution in [2.45, 2.75) is 37.0 Å². The Hall–Kier alpha value is -0.960. The minimum atomic E-state index is -0.626. The number of hydrogen-bond acceptors (Lipinski definition) is 2. The summed E-state index contributed by atoms with van der Waals surface area (Å²) in [5.74, 6) is 2.24. The van der Waals surface area contributed by atoms with Gasteiger partial charge in [0.2, 0.25) is 0 Å². The Morgan fingerprint density at radius 2 is 1.89 bits per heavy atom. The Morgan fingerprint density at radius 3 is 2.44 bits per heavy atom. The van der Waals surface area contributed by atoms with Gasteiger partial charge in [0, 0.05) is 17.4 Å². The Labute approximate surface area is 112 Å². The lowest BCUT2D eigenvalue weighted by molar-refractivity contribution is -0.143. The third-order valence-electron chi connectivity index (χ3n) is 4.42. The Kier molecular flexibility index (Phi) is 3.10. The summed E-state index contributed by atoms with van der Waals surface area (Å²) in [5, 5.41) is 9.71. The van der Waals surface area contributed by atoms with Gasteiger partial charge in [0.05, 0.1) is 5.41 Å². The number of aliphatic carboxylic acids is 1. The van der Waals surface area contributed by atoms with Gasteiger partial charge in [-0.05, 0) is 24.0 Å². The highest BCUT2D eigenvalue weighted by Crippen LogP contribution is 2.46. The molecular formula is C15H18O2S. The largest absolute Gasteiger partial charge is 0.481 e. The molecule has 1 heterocycles. The van der Waals surface area contributed by atoms with Crippen molar-refractivity contribution in [2.75, 3.05) is 11.5 Å². The van der Waals surface area contributed by atoms with Gasteiger partial charge in [0.25, 0.3) is 0 Å². The predicted octanol–water partition coefficient (Wildman–Crippen LogP) is 3.41. The van der Waals surface area contributed by atoms with Crippen molar-refractivity contribution in [3.8, 4) is 0 Å². The molecule has 0 radical (unpaired) electrons. The van der Waals surface area contributed by atoms with Crippen LogP contribution >= 0.6 is 11.8 Å². The second-order valence-electron chi connectivity index (χ2n) is 5.42. The standard InChI is InChI=1S/C15H18O2S/c16-14(17)15(7-3-4-8-15)13-6-2-1-5-12(13)11-9-18-10-11/h1-2,5-6,11H,3-4,7-10H2,(H,16,17). The van der Waals surface area contributed by atoms with Gasteiger partial charge in [-0.3, -0.25) is 4.79 Å². The van der Waals surface area contributed by atoms with E-state index in [1.807, 2.05) is 23.9 Å². The molecule has 3 rings (SSSR count). The van der Waals surface area contributed by atoms with E-state index in [0.29, 0.717) is 5.92 Å². The lowest BCUT2D eigenvalue weighted by Crippen LogP contribution is -2.35. The van der Waals surface area contributed by atoms with E-state index in [4.69, 9.17) is 0 Å². The van der Waals surface area contributed by atoms with Crippen molar-refractivity contribution in [1.29, 1.82) is 0 Å². The first kappa shape index (κ1) is 12.1. The summed E-state index contributed by atoms with van der Waals surface area (Å²) < 4.78 is 0. The molecule has 0 spiro atoms. The van der Waals surface area contributed by atoms with Crippen molar-refractivity contribution < 1.29 is 9.90 Å². The number of carbonyl (C=O) groups is 1. The highest BCUT2D eigenvalue weighted by molar-refractivity contribution is 8.00. The monoisotopic (exact) mass is 262 g/mol. The van der Waals surface area contributed by atoms with Gasteiger partial charge in [-0.15, -0.1) is 0 Å². The van der Waals surface area contributed by atoms with Crippen LogP contribution in [0.2, 0.25) is 0 Å². The van der Waals surface area contributed by atoms with Crippen LogP contribution in [0.4, 0.5) is 0 Å². The van der Waals surface area contributed by atoms with Crippen LogP contribution in [0, 0.1) is 0 Å². The molecule has 1 saturated carbocycles. The van der Waals surface area contributed by atoms with Crippen molar-refractivity contribution in [1.82, 2.24) is 0 Å². The molecule has 0 unspecified atom stereocenters. The molecule has 0 bridgehead atoms. The van der Waals surface area contributed by atoms with Gasteiger partial charge in [-0.1, -0.05) is 37.1 Å². The second-order valence-corrected chi connectivity index (χ2v) is 6.49. The average molecular weight is 262 g/mol. The molecule has 0 aromatic heterocycles. The van der Waals surface area contributed by atoms with Crippen LogP contribution in [0.1, 0.15) is 42.7 Å². The minimum absolute atomic E-state index is 0.572. The van der Waals surface area contributed by atoms with Gasteiger partial charge in [0.15, 0.2) is 0 Å². The zero-order valence-corrected chi connectivity index (χ0v) is 11.2. The summed E-state index contributed by atoms with van der Waals surface area (Å²) >= 11 is 1.95. The summed E-state index contributed by atoms with van der Waals surface area (Å²) in [6.07, 6.45) is 3.69. The number of carboxylic acids is 1. The van der Waals surface area contributed by atoms with E-state index in [2.05, 4.69) is 12.1 Å². The quantitative estimate of drug-likeness (QED) is 0.907. The predicted molar refractivity (Wildman–Crippen MR) is 74.3 cm³/mol. The summed E-state index contributed by atoms with van der Waals surface area (Å²) in [6.45, 7) is 0. The molecule has 2 aliphatic rings. The van der Waals surface area contributed by atoms with Crippen LogP contribution < -0.4 is 0 Å². The normalized spacial score (nSPS) is 22.7. The molecule has 2 fully saturated rings. The fourth-order valence-electron chi connectivity index (χ4n) is 3.28. The number of benzene rings is 1. The fourth-order valence-corrected chi connectivity index (χ4v) is 4.11. The molecule has 0 atom stereocenters. The van der Waals surface area contributed by atoms with Crippen molar-refractivity contribution in [3.63, 3.8) is 0 Å². The first-order chi connectivity index (χ1) is 8.74. The maximum atomic E-state index is 11.8. The fraction of sp³-hybridized carbons (Fsp3) is 0.533. The SMILES string of the molecule is O=C(O)C1(c2ccccc2C2CSC2)CCCC1. The van der Waals surface area contributed by atoms with E-state index in [9.17, 15) is 9.90 Å². The summed E-state index contributed by atoms with van der Waals surface area (Å²) in [4.78, 5) is 11.8. The number of hydrogen-bond donors (Lipinski definition) is 1. The lowest BCUT2D eigenvalue weighted by Gasteiger charge is -2.33. The third-order valence-corrected chi connectivity index (χ3v) is 5.70. The molecule has 1 N–H and O–H groups in total. The molecule has 2 nitrogen and oxygen atoms in total. The number of carboxylic acid groups (broad SMARTS) is 1. The molecule has 1 aromatic carbocycles. The van der Waals surface area contributed by atoms with Crippen molar-refractivity contribution in [2.24, 2.45) is 0 Å². The first-order valence-electron chi connectivity index (χ1n) is 6.64. The zero-order chi connectivity index (χ0) is 12.6. The van der Waals surface area contributed by atoms with Crippen molar-refractivity contribution in [3.05, 3.63) is 35.4 Å². The molecule has 0 amide bonds. The first-order valence-corrected chi connectivity index (χ1v) is 7.80. The number of thioether (sulfide) groups is 1. The van der Waals surface area contributed by atoms with E-state index < -0.39 is 11.4 Å². The molecule has 3 heteroatoms. The highest BCUT2D eigenvalue weighted by Gasteiger charge is 2.45. The van der Waals surface area contributed by atoms with Gasteiger partial charge >= 0.3 is 5.97 Å². The molecule has 96 valence electrons. The molecule has 1 saturated heterocycles. The van der Waals surface area contributed by atoms with Gasteiger partial charge in [-0.25, -0.2) is 0 Å². The second kappa shape index (κ2) is 4.61. The molecule has 1 aliphatic heterocycles. The summed E-state index contributed by atoms with van der Waals surface area (Å²) in [6, 6.07) is 8.24. The van der Waals surface area contributed by atoms with Crippen LogP contribution in [0.5, 0.6) is 0 Å². The van der Waals surface area contributed by atoms with Crippen LogP contribution in [-0.2, 0) is 10.2 Å². The van der Waals surface area contributed by atoms with Crippen LogP contribution in [0.15, 0.2) is 24.3 Å². The minimum Gasteiger partial charge on any atom is -0.481 e. The van der Waals surface area contributed by atoms with E-state index >= 15 is 0 Å². The Bertz CT molecular complexity index is 459. The van der Waals surface area contributed by atoms with Gasteiger partial charge < -0.3 is 5.11 Å². The average Bonchev–Trinajstić information content (AvgIpc) is 2.77. The van der Waals surface area contributed by atoms with Crippen LogP contribution in [-0.4, -0.2) is 22.6 Å². The van der Waals surface area contributed by atoms with Crippen LogP contribution in [0.25, 0.3) is 0 Å². The van der Waals surface area contributed by atoms with Gasteiger partial charge in [-0.2, -0.15) is 11.8 Å². The molecule has 1 aromatic rings. The van der Waals surface area contributed by atoms with Crippen LogP contribution in [0.3, 0.4) is 0 Å². The maximum Gasteiger partial charge on any atom is 0.314 e. The topological polar surface area (TPSA) is 37.3 Å². The van der Waals surface area contributed by atoms with E-state index in [-0.39, 0.29) is 0 Å². The maximum absolute atomic E-state index is 11.8. The van der Waals surface area contributed by atoms with Gasteiger partial charge in [0.1, 0.15) is 0 Å². The van der Waals surface area contributed by atoms with Crippen molar-refractivity contribution >= 4 is 17.7 Å². The Balaban J connectivity index is 2.06. The molecular weight excluding hydrogens is 244 g/mol. The summed E-state index contributed by atoms with van der Waals surface area (Å²) in [7, 11) is 0. The highest BCUT2D eigenvalue weighted by atomic mass is 32.2. The molecule has 18 heavy (non-hydrogen) atoms. The summed E-state index contributed by atoms with van der Waals surface area (Å²) in [5.41, 5.74) is 1.79. The third kappa shape index (κ3) is 1.76. The zero-order valence-electron chi connectivity index (χ0n) is 10.4. The molecule has 1 aliphatic carbocycles. The van der Waals surface area contributed by atoms with E-state index in [1.54, 1.807) is 0 Å². The number of rotatable bonds is 3.